The number of hydrogen-bond donors (Lipinski definition) is 1. The maximum absolute atomic E-state index is 12.1. The van der Waals surface area contributed by atoms with Gasteiger partial charge in [0.25, 0.3) is 0 Å². The van der Waals surface area contributed by atoms with Crippen molar-refractivity contribution in [2.75, 3.05) is 0 Å². The van der Waals surface area contributed by atoms with Crippen molar-refractivity contribution in [3.8, 4) is 0 Å². The fraction of sp³-hybridized carbons (Fsp3) is 0.833. The molecule has 2 atom stereocenters. The average molecular weight is 277 g/mol. The van der Waals surface area contributed by atoms with Crippen molar-refractivity contribution < 1.29 is 17.7 Å². The molecule has 4 nitrogen and oxygen atoms in total. The van der Waals surface area contributed by atoms with Crippen LogP contribution in [0.4, 0.5) is 13.2 Å². The van der Waals surface area contributed by atoms with Gasteiger partial charge < -0.3 is 10.3 Å². The van der Waals surface area contributed by atoms with Gasteiger partial charge in [-0.15, -0.1) is 0 Å². The molecule has 1 aliphatic rings. The summed E-state index contributed by atoms with van der Waals surface area (Å²) in [5.41, 5.74) is 6.06. The molecule has 0 aromatic carbocycles. The molecule has 0 radical (unpaired) electrons. The van der Waals surface area contributed by atoms with E-state index >= 15 is 0 Å². The summed E-state index contributed by atoms with van der Waals surface area (Å²) in [6, 6.07) is -0.0431. The molecule has 0 aliphatic heterocycles. The number of nitrogens with zero attached hydrogens (tertiary/aromatic N) is 2. The van der Waals surface area contributed by atoms with Crippen molar-refractivity contribution in [3.05, 3.63) is 11.7 Å². The topological polar surface area (TPSA) is 64.9 Å². The Morgan fingerprint density at radius 3 is 2.68 bits per heavy atom. The maximum atomic E-state index is 12.1. The van der Waals surface area contributed by atoms with Crippen molar-refractivity contribution in [1.29, 1.82) is 0 Å². The summed E-state index contributed by atoms with van der Waals surface area (Å²) in [6.45, 7) is 0. The number of nitrogens with two attached hydrogens (primary N) is 1. The van der Waals surface area contributed by atoms with Gasteiger partial charge in [-0.1, -0.05) is 24.4 Å². The Balaban J connectivity index is 1.99. The molecule has 2 unspecified atom stereocenters. The third kappa shape index (κ3) is 4.19. The number of aromatic nitrogens is 2. The Morgan fingerprint density at radius 1 is 1.21 bits per heavy atom. The standard InChI is InChI=1S/C12H18F3N3O/c13-12(14,15)7-6-10-17-11(19-18-10)8-4-2-1-3-5-9(8)16/h8-9H,1-7,16H2. The highest BCUT2D eigenvalue weighted by Gasteiger charge is 2.30. The van der Waals surface area contributed by atoms with Crippen LogP contribution in [0.5, 0.6) is 0 Å². The predicted octanol–water partition coefficient (Wildman–Crippen LogP) is 2.94. The Hall–Kier alpha value is -1.11. The summed E-state index contributed by atoms with van der Waals surface area (Å²) in [4.78, 5) is 4.07. The first-order valence-corrected chi connectivity index (χ1v) is 6.60. The van der Waals surface area contributed by atoms with E-state index in [9.17, 15) is 13.2 Å². The zero-order chi connectivity index (χ0) is 13.9. The number of halogens is 3. The first-order chi connectivity index (χ1) is 8.96. The number of alkyl halides is 3. The van der Waals surface area contributed by atoms with E-state index in [-0.39, 0.29) is 24.2 Å². The van der Waals surface area contributed by atoms with Crippen molar-refractivity contribution in [2.24, 2.45) is 5.73 Å². The molecule has 0 saturated heterocycles. The third-order valence-corrected chi connectivity index (χ3v) is 3.50. The zero-order valence-corrected chi connectivity index (χ0v) is 10.6. The summed E-state index contributed by atoms with van der Waals surface area (Å²) in [6.07, 6.45) is -0.366. The highest BCUT2D eigenvalue weighted by Crippen LogP contribution is 2.30. The Kier molecular flexibility index (Phi) is 4.44. The second-order valence-electron chi connectivity index (χ2n) is 5.07. The highest BCUT2D eigenvalue weighted by molar-refractivity contribution is 5.00. The van der Waals surface area contributed by atoms with Crippen LogP contribution < -0.4 is 5.73 Å². The van der Waals surface area contributed by atoms with Gasteiger partial charge in [0, 0.05) is 12.5 Å². The summed E-state index contributed by atoms with van der Waals surface area (Å²) in [5.74, 6) is 0.491. The minimum absolute atomic E-state index is 0.0189. The fourth-order valence-corrected chi connectivity index (χ4v) is 2.42. The van der Waals surface area contributed by atoms with Crippen LogP contribution in [0.2, 0.25) is 0 Å². The zero-order valence-electron chi connectivity index (χ0n) is 10.6. The number of rotatable bonds is 3. The molecule has 108 valence electrons. The van der Waals surface area contributed by atoms with Crippen LogP contribution in [0.1, 0.15) is 56.2 Å². The van der Waals surface area contributed by atoms with Crippen molar-refractivity contribution in [2.45, 2.75) is 63.1 Å². The summed E-state index contributed by atoms with van der Waals surface area (Å²) >= 11 is 0. The summed E-state index contributed by atoms with van der Waals surface area (Å²) in [5, 5.41) is 3.62. The highest BCUT2D eigenvalue weighted by atomic mass is 19.4. The summed E-state index contributed by atoms with van der Waals surface area (Å²) < 4.78 is 41.4. The number of aryl methyl sites for hydroxylation is 1. The molecular weight excluding hydrogens is 259 g/mol. The molecule has 2 N–H and O–H groups in total. The van der Waals surface area contributed by atoms with E-state index in [1.807, 2.05) is 0 Å². The lowest BCUT2D eigenvalue weighted by molar-refractivity contribution is -0.134. The van der Waals surface area contributed by atoms with Crippen molar-refractivity contribution in [3.63, 3.8) is 0 Å². The minimum atomic E-state index is -4.19. The van der Waals surface area contributed by atoms with Crippen molar-refractivity contribution >= 4 is 0 Å². The second kappa shape index (κ2) is 5.90. The van der Waals surface area contributed by atoms with E-state index in [1.54, 1.807) is 0 Å². The molecule has 0 spiro atoms. The molecule has 1 aromatic heterocycles. The van der Waals surface area contributed by atoms with Crippen LogP contribution >= 0.6 is 0 Å². The van der Waals surface area contributed by atoms with Crippen molar-refractivity contribution in [1.82, 2.24) is 10.1 Å². The van der Waals surface area contributed by atoms with Gasteiger partial charge in [0.2, 0.25) is 5.89 Å². The van der Waals surface area contributed by atoms with Gasteiger partial charge in [0.15, 0.2) is 5.82 Å². The molecule has 0 bridgehead atoms. The van der Waals surface area contributed by atoms with Crippen LogP contribution in [-0.2, 0) is 6.42 Å². The number of hydrogen-bond acceptors (Lipinski definition) is 4. The van der Waals surface area contributed by atoms with Crippen LogP contribution in [0.15, 0.2) is 4.52 Å². The molecule has 19 heavy (non-hydrogen) atoms. The van der Waals surface area contributed by atoms with E-state index in [0.717, 1.165) is 32.1 Å². The van der Waals surface area contributed by atoms with E-state index in [1.165, 1.54) is 0 Å². The predicted molar refractivity (Wildman–Crippen MR) is 62.5 cm³/mol. The van der Waals surface area contributed by atoms with Gasteiger partial charge in [-0.2, -0.15) is 18.2 Å². The molecule has 2 rings (SSSR count). The van der Waals surface area contributed by atoms with Crippen LogP contribution in [-0.4, -0.2) is 22.4 Å². The monoisotopic (exact) mass is 277 g/mol. The molecule has 1 saturated carbocycles. The van der Waals surface area contributed by atoms with Gasteiger partial charge in [0.05, 0.1) is 12.3 Å². The van der Waals surface area contributed by atoms with E-state index < -0.39 is 12.6 Å². The van der Waals surface area contributed by atoms with Crippen LogP contribution in [0.3, 0.4) is 0 Å². The second-order valence-corrected chi connectivity index (χ2v) is 5.07. The smallest absolute Gasteiger partial charge is 0.339 e. The molecular formula is C12H18F3N3O. The third-order valence-electron chi connectivity index (χ3n) is 3.50. The first kappa shape index (κ1) is 14.3. The lowest BCUT2D eigenvalue weighted by Crippen LogP contribution is -2.27. The van der Waals surface area contributed by atoms with E-state index in [2.05, 4.69) is 10.1 Å². The van der Waals surface area contributed by atoms with E-state index in [4.69, 9.17) is 10.3 Å². The fourth-order valence-electron chi connectivity index (χ4n) is 2.42. The van der Waals surface area contributed by atoms with Gasteiger partial charge in [0.1, 0.15) is 0 Å². The maximum Gasteiger partial charge on any atom is 0.389 e. The first-order valence-electron chi connectivity index (χ1n) is 6.60. The Labute approximate surface area is 109 Å². The Morgan fingerprint density at radius 2 is 1.95 bits per heavy atom. The molecule has 1 heterocycles. The van der Waals surface area contributed by atoms with Crippen LogP contribution in [0, 0.1) is 0 Å². The molecule has 1 aliphatic carbocycles. The largest absolute Gasteiger partial charge is 0.389 e. The molecule has 7 heteroatoms. The lowest BCUT2D eigenvalue weighted by Gasteiger charge is -2.16. The van der Waals surface area contributed by atoms with Gasteiger partial charge >= 0.3 is 6.18 Å². The molecule has 1 aromatic rings. The minimum Gasteiger partial charge on any atom is -0.339 e. The molecule has 1 fully saturated rings. The molecule has 0 amide bonds. The van der Waals surface area contributed by atoms with Gasteiger partial charge in [-0.25, -0.2) is 0 Å². The lowest BCUT2D eigenvalue weighted by atomic mass is 9.95. The Bertz CT molecular complexity index is 405. The van der Waals surface area contributed by atoms with E-state index in [0.29, 0.717) is 5.89 Å². The summed E-state index contributed by atoms with van der Waals surface area (Å²) in [7, 11) is 0. The van der Waals surface area contributed by atoms with Gasteiger partial charge in [-0.05, 0) is 12.8 Å². The normalized spacial score (nSPS) is 25.3. The average Bonchev–Trinajstić information content (AvgIpc) is 2.69. The SMILES string of the molecule is NC1CCCCCC1c1nc(CCC(F)(F)F)no1. The van der Waals surface area contributed by atoms with Crippen LogP contribution in [0.25, 0.3) is 0 Å². The quantitative estimate of drug-likeness (QED) is 0.863. The van der Waals surface area contributed by atoms with Gasteiger partial charge in [-0.3, -0.25) is 0 Å².